The van der Waals surface area contributed by atoms with E-state index in [1.165, 1.54) is 13.3 Å². The van der Waals surface area contributed by atoms with Crippen LogP contribution in [0.15, 0.2) is 36.5 Å². The van der Waals surface area contributed by atoms with Gasteiger partial charge in [0.15, 0.2) is 13.1 Å². The summed E-state index contributed by atoms with van der Waals surface area (Å²) in [5.74, 6) is 0.260. The molecule has 0 spiro atoms. The lowest BCUT2D eigenvalue weighted by Gasteiger charge is -2.29. The van der Waals surface area contributed by atoms with E-state index >= 15 is 0 Å². The van der Waals surface area contributed by atoms with Gasteiger partial charge in [-0.15, -0.1) is 0 Å². The molecule has 1 aromatic heterocycles. The minimum Gasteiger partial charge on any atom is -0.480 e. The van der Waals surface area contributed by atoms with E-state index in [0.717, 1.165) is 0 Å². The van der Waals surface area contributed by atoms with E-state index in [2.05, 4.69) is 15.3 Å². The van der Waals surface area contributed by atoms with Gasteiger partial charge in [-0.1, -0.05) is 29.8 Å². The number of methoxy groups -OCH3 is 1. The van der Waals surface area contributed by atoms with E-state index in [-0.39, 0.29) is 28.8 Å². The second-order valence-corrected chi connectivity index (χ2v) is 6.54. The van der Waals surface area contributed by atoms with Crippen LogP contribution in [0.5, 0.6) is 5.88 Å². The molecule has 1 saturated heterocycles. The Morgan fingerprint density at radius 2 is 2.15 bits per heavy atom. The van der Waals surface area contributed by atoms with Gasteiger partial charge in [0.05, 0.1) is 19.3 Å². The van der Waals surface area contributed by atoms with Gasteiger partial charge in [-0.05, 0) is 25.5 Å². The molecule has 0 bridgehead atoms. The summed E-state index contributed by atoms with van der Waals surface area (Å²) in [6, 6.07) is 8.26. The Balaban J connectivity index is 1.83. The molecule has 1 fully saturated rings. The van der Waals surface area contributed by atoms with Crippen LogP contribution in [0.1, 0.15) is 23.7 Å². The van der Waals surface area contributed by atoms with Crippen LogP contribution in [0.2, 0.25) is 5.02 Å². The number of rotatable bonds is 6. The second kappa shape index (κ2) is 8.49. The van der Waals surface area contributed by atoms with Crippen molar-refractivity contribution in [2.45, 2.75) is 31.7 Å². The van der Waals surface area contributed by atoms with Gasteiger partial charge in [0.1, 0.15) is 5.02 Å². The second-order valence-electron chi connectivity index (χ2n) is 6.13. The Morgan fingerprint density at radius 3 is 2.81 bits per heavy atom. The van der Waals surface area contributed by atoms with Crippen molar-refractivity contribution in [1.82, 2.24) is 14.9 Å². The summed E-state index contributed by atoms with van der Waals surface area (Å²) >= 11 is 5.94. The molecule has 27 heavy (non-hydrogen) atoms. The Kier molecular flexibility index (Phi) is 6.08. The molecule has 1 aliphatic heterocycles. The lowest BCUT2D eigenvalue weighted by atomic mass is 10.2. The molecule has 9 heteroatoms. The third-order valence-electron chi connectivity index (χ3n) is 4.40. The number of likely N-dealkylation sites (tertiary alicyclic amines) is 1. The summed E-state index contributed by atoms with van der Waals surface area (Å²) in [6.07, 6.45) is 1.15. The molecule has 1 amide bonds. The number of benzene rings is 1. The molecule has 7 nitrogen and oxygen atoms in total. The molecule has 2 heterocycles. The minimum absolute atomic E-state index is 0.166. The monoisotopic (exact) mass is 394 g/mol. The van der Waals surface area contributed by atoms with E-state index in [0.29, 0.717) is 12.0 Å². The van der Waals surface area contributed by atoms with Crippen LogP contribution in [0, 0.1) is 0 Å². The Bertz CT molecular complexity index is 795. The average molecular weight is 395 g/mol. The smallest absolute Gasteiger partial charge is 0.256 e. The standard InChI is InChI=1S/C18H20ClFN4O3/c1-11-8-14(22-18-21-9-13(19)15(23-18)26-2)17(27-10-20)24(11)16(25)12-6-4-3-5-7-12/h3-7,9,11,14,17H,8,10H2,1-2H3,(H,21,22,23). The zero-order valence-corrected chi connectivity index (χ0v) is 15.7. The number of amides is 1. The predicted molar refractivity (Wildman–Crippen MR) is 98.5 cm³/mol. The van der Waals surface area contributed by atoms with Gasteiger partial charge in [-0.3, -0.25) is 4.79 Å². The van der Waals surface area contributed by atoms with Crippen LogP contribution in [0.3, 0.4) is 0 Å². The normalized spacial score (nSPS) is 21.9. The van der Waals surface area contributed by atoms with Gasteiger partial charge in [0, 0.05) is 11.6 Å². The van der Waals surface area contributed by atoms with Crippen molar-refractivity contribution >= 4 is 23.5 Å². The predicted octanol–water partition coefficient (Wildman–Crippen LogP) is 3.12. The number of halogens is 2. The van der Waals surface area contributed by atoms with Crippen molar-refractivity contribution in [3.63, 3.8) is 0 Å². The van der Waals surface area contributed by atoms with Gasteiger partial charge in [0.25, 0.3) is 5.91 Å². The van der Waals surface area contributed by atoms with Gasteiger partial charge >= 0.3 is 0 Å². The summed E-state index contributed by atoms with van der Waals surface area (Å²) in [5.41, 5.74) is 0.516. The number of hydrogen-bond acceptors (Lipinski definition) is 6. The maximum atomic E-state index is 13.0. The quantitative estimate of drug-likeness (QED) is 0.811. The number of carbonyl (C=O) groups excluding carboxylic acids is 1. The number of alkyl halides is 1. The highest BCUT2D eigenvalue weighted by Crippen LogP contribution is 2.30. The minimum atomic E-state index is -1.01. The lowest BCUT2D eigenvalue weighted by molar-refractivity contribution is -0.0704. The maximum absolute atomic E-state index is 13.0. The van der Waals surface area contributed by atoms with Gasteiger partial charge < -0.3 is 19.7 Å². The fourth-order valence-electron chi connectivity index (χ4n) is 3.21. The van der Waals surface area contributed by atoms with Crippen LogP contribution in [0.4, 0.5) is 10.3 Å². The van der Waals surface area contributed by atoms with E-state index in [1.807, 2.05) is 13.0 Å². The van der Waals surface area contributed by atoms with E-state index in [4.69, 9.17) is 21.1 Å². The van der Waals surface area contributed by atoms with Gasteiger partial charge in [0.2, 0.25) is 11.8 Å². The van der Waals surface area contributed by atoms with Crippen LogP contribution in [-0.2, 0) is 4.74 Å². The molecule has 3 rings (SSSR count). The highest BCUT2D eigenvalue weighted by molar-refractivity contribution is 6.31. The zero-order valence-electron chi connectivity index (χ0n) is 14.9. The fourth-order valence-corrected chi connectivity index (χ4v) is 3.38. The molecule has 3 atom stereocenters. The SMILES string of the molecule is COc1nc(NC2CC(C)N(C(=O)c3ccccc3)C2OCF)ncc1Cl. The largest absolute Gasteiger partial charge is 0.480 e. The van der Waals surface area contributed by atoms with Gasteiger partial charge in [-0.25, -0.2) is 9.37 Å². The highest BCUT2D eigenvalue weighted by Gasteiger charge is 2.43. The number of nitrogens with one attached hydrogen (secondary N) is 1. The van der Waals surface area contributed by atoms with E-state index < -0.39 is 19.1 Å². The first kappa shape index (κ1) is 19.3. The third-order valence-corrected chi connectivity index (χ3v) is 4.66. The van der Waals surface area contributed by atoms with Crippen LogP contribution in [0.25, 0.3) is 0 Å². The van der Waals surface area contributed by atoms with Gasteiger partial charge in [-0.2, -0.15) is 4.98 Å². The molecule has 144 valence electrons. The molecule has 0 radical (unpaired) electrons. The molecular formula is C18H20ClFN4O3. The van der Waals surface area contributed by atoms with Crippen LogP contribution in [-0.4, -0.2) is 53.1 Å². The Labute approximate surface area is 161 Å². The van der Waals surface area contributed by atoms with Crippen molar-refractivity contribution in [2.75, 3.05) is 19.3 Å². The summed E-state index contributed by atoms with van der Waals surface area (Å²) in [5, 5.41) is 3.38. The summed E-state index contributed by atoms with van der Waals surface area (Å²) in [6.45, 7) is 0.874. The molecule has 1 N–H and O–H groups in total. The van der Waals surface area contributed by atoms with Crippen molar-refractivity contribution in [3.8, 4) is 5.88 Å². The van der Waals surface area contributed by atoms with E-state index in [9.17, 15) is 9.18 Å². The number of carbonyl (C=O) groups is 1. The molecule has 1 aromatic carbocycles. The Hall–Kier alpha value is -2.45. The summed E-state index contributed by atoms with van der Waals surface area (Å²) in [4.78, 5) is 22.7. The van der Waals surface area contributed by atoms with Crippen molar-refractivity contribution in [3.05, 3.63) is 47.1 Å². The first-order valence-electron chi connectivity index (χ1n) is 8.43. The number of ether oxygens (including phenoxy) is 2. The van der Waals surface area contributed by atoms with Crippen molar-refractivity contribution in [2.24, 2.45) is 0 Å². The number of anilines is 1. The van der Waals surface area contributed by atoms with Crippen LogP contribution < -0.4 is 10.1 Å². The molecule has 0 saturated carbocycles. The van der Waals surface area contributed by atoms with Crippen LogP contribution >= 0.6 is 11.6 Å². The molecule has 0 aliphatic carbocycles. The summed E-state index contributed by atoms with van der Waals surface area (Å²) in [7, 11) is 1.45. The lowest BCUT2D eigenvalue weighted by Crippen LogP contribution is -2.46. The maximum Gasteiger partial charge on any atom is 0.256 e. The summed E-state index contributed by atoms with van der Waals surface area (Å²) < 4.78 is 23.4. The molecule has 1 aliphatic rings. The number of aromatic nitrogens is 2. The molecule has 2 aromatic rings. The fraction of sp³-hybridized carbons (Fsp3) is 0.389. The topological polar surface area (TPSA) is 76.6 Å². The third kappa shape index (κ3) is 4.12. The Morgan fingerprint density at radius 1 is 1.41 bits per heavy atom. The molecule has 3 unspecified atom stereocenters. The number of nitrogens with zero attached hydrogens (tertiary/aromatic N) is 3. The highest BCUT2D eigenvalue weighted by atomic mass is 35.5. The number of hydrogen-bond donors (Lipinski definition) is 1. The van der Waals surface area contributed by atoms with Crippen molar-refractivity contribution in [1.29, 1.82) is 0 Å². The van der Waals surface area contributed by atoms with E-state index in [1.54, 1.807) is 29.2 Å². The van der Waals surface area contributed by atoms with Crippen molar-refractivity contribution < 1.29 is 18.7 Å². The molecular weight excluding hydrogens is 375 g/mol. The first-order chi connectivity index (χ1) is 13.0. The average Bonchev–Trinajstić information content (AvgIpc) is 2.98. The zero-order chi connectivity index (χ0) is 19.4. The first-order valence-corrected chi connectivity index (χ1v) is 8.81.